The van der Waals surface area contributed by atoms with Gasteiger partial charge < -0.3 is 10.1 Å². The van der Waals surface area contributed by atoms with Gasteiger partial charge in [-0.3, -0.25) is 0 Å². The van der Waals surface area contributed by atoms with Gasteiger partial charge in [-0.25, -0.2) is 0 Å². The van der Waals surface area contributed by atoms with Gasteiger partial charge in [0, 0.05) is 6.04 Å². The summed E-state index contributed by atoms with van der Waals surface area (Å²) < 4.78 is 5.49. The Morgan fingerprint density at radius 2 is 2.00 bits per heavy atom. The maximum absolute atomic E-state index is 5.49. The molecule has 0 heterocycles. The molecule has 0 aromatic heterocycles. The van der Waals surface area contributed by atoms with E-state index in [2.05, 4.69) is 48.7 Å². The van der Waals surface area contributed by atoms with Gasteiger partial charge in [-0.1, -0.05) is 24.3 Å². The van der Waals surface area contributed by atoms with E-state index in [4.69, 9.17) is 4.74 Å². The molecule has 108 valence electrons. The van der Waals surface area contributed by atoms with E-state index < -0.39 is 0 Å². The first-order valence-electron chi connectivity index (χ1n) is 7.90. The topological polar surface area (TPSA) is 21.3 Å². The molecule has 1 saturated carbocycles. The van der Waals surface area contributed by atoms with Crippen LogP contribution in [-0.4, -0.2) is 13.2 Å². The molecule has 0 radical (unpaired) electrons. The fraction of sp³-hybridized carbons (Fsp3) is 0.556. The molecule has 4 atom stereocenters. The van der Waals surface area contributed by atoms with Crippen molar-refractivity contribution < 1.29 is 4.74 Å². The van der Waals surface area contributed by atoms with Crippen LogP contribution in [0.25, 0.3) is 0 Å². The van der Waals surface area contributed by atoms with Crippen LogP contribution in [0.2, 0.25) is 0 Å². The molecule has 1 aromatic rings. The lowest BCUT2D eigenvalue weighted by molar-refractivity contribution is 0.340. The van der Waals surface area contributed by atoms with Gasteiger partial charge in [-0.2, -0.15) is 0 Å². The highest BCUT2D eigenvalue weighted by Crippen LogP contribution is 2.43. The summed E-state index contributed by atoms with van der Waals surface area (Å²) in [7, 11) is 0. The molecule has 1 N–H and O–H groups in total. The Kier molecular flexibility index (Phi) is 4.11. The number of hydrogen-bond donors (Lipinski definition) is 1. The molecule has 2 aliphatic carbocycles. The first kappa shape index (κ1) is 13.7. The smallest absolute Gasteiger partial charge is 0.119 e. The van der Waals surface area contributed by atoms with Crippen molar-refractivity contribution in [2.45, 2.75) is 32.7 Å². The second-order valence-electron chi connectivity index (χ2n) is 6.17. The summed E-state index contributed by atoms with van der Waals surface area (Å²) in [5, 5.41) is 3.70. The Labute approximate surface area is 122 Å². The maximum atomic E-state index is 5.49. The molecule has 0 saturated heterocycles. The molecule has 0 spiro atoms. The predicted molar refractivity (Wildman–Crippen MR) is 82.9 cm³/mol. The van der Waals surface area contributed by atoms with E-state index in [1.165, 1.54) is 18.4 Å². The van der Waals surface area contributed by atoms with Crippen molar-refractivity contribution in [3.05, 3.63) is 42.0 Å². The minimum Gasteiger partial charge on any atom is -0.494 e. The minimum atomic E-state index is 0.411. The van der Waals surface area contributed by atoms with E-state index in [-0.39, 0.29) is 0 Å². The van der Waals surface area contributed by atoms with Crippen LogP contribution in [0.3, 0.4) is 0 Å². The second-order valence-corrected chi connectivity index (χ2v) is 6.17. The maximum Gasteiger partial charge on any atom is 0.119 e. The van der Waals surface area contributed by atoms with E-state index >= 15 is 0 Å². The van der Waals surface area contributed by atoms with Crippen LogP contribution < -0.4 is 10.1 Å². The van der Waals surface area contributed by atoms with E-state index in [1.807, 2.05) is 6.92 Å². The summed E-state index contributed by atoms with van der Waals surface area (Å²) in [6.07, 6.45) is 7.62. The van der Waals surface area contributed by atoms with Crippen molar-refractivity contribution in [3.8, 4) is 5.75 Å². The highest BCUT2D eigenvalue weighted by atomic mass is 16.5. The van der Waals surface area contributed by atoms with Gasteiger partial charge in [0.05, 0.1) is 6.61 Å². The third-order valence-electron chi connectivity index (χ3n) is 4.79. The van der Waals surface area contributed by atoms with Crippen LogP contribution in [0.4, 0.5) is 0 Å². The van der Waals surface area contributed by atoms with Crippen LogP contribution in [0.5, 0.6) is 5.75 Å². The molecule has 3 rings (SSSR count). The molecular weight excluding hydrogens is 246 g/mol. The van der Waals surface area contributed by atoms with E-state index in [0.29, 0.717) is 6.04 Å². The molecule has 1 fully saturated rings. The van der Waals surface area contributed by atoms with Gasteiger partial charge in [-0.15, -0.1) is 0 Å². The van der Waals surface area contributed by atoms with Crippen molar-refractivity contribution in [3.63, 3.8) is 0 Å². The third-order valence-corrected chi connectivity index (χ3v) is 4.79. The molecule has 2 aliphatic rings. The fourth-order valence-electron chi connectivity index (χ4n) is 3.59. The Bertz CT molecular complexity index is 465. The Morgan fingerprint density at radius 1 is 1.20 bits per heavy atom. The first-order valence-corrected chi connectivity index (χ1v) is 7.90. The van der Waals surface area contributed by atoms with Crippen molar-refractivity contribution >= 4 is 0 Å². The van der Waals surface area contributed by atoms with Gasteiger partial charge in [0.1, 0.15) is 5.75 Å². The van der Waals surface area contributed by atoms with Crippen LogP contribution in [0.15, 0.2) is 36.4 Å². The van der Waals surface area contributed by atoms with Crippen LogP contribution in [-0.2, 0) is 0 Å². The zero-order valence-electron chi connectivity index (χ0n) is 12.5. The minimum absolute atomic E-state index is 0.411. The number of fused-ring (bicyclic) bond motifs is 2. The average molecular weight is 271 g/mol. The molecule has 20 heavy (non-hydrogen) atoms. The monoisotopic (exact) mass is 271 g/mol. The lowest BCUT2D eigenvalue weighted by Crippen LogP contribution is -2.27. The second kappa shape index (κ2) is 6.01. The van der Waals surface area contributed by atoms with Crippen LogP contribution in [0, 0.1) is 17.8 Å². The average Bonchev–Trinajstić information content (AvgIpc) is 3.08. The van der Waals surface area contributed by atoms with Crippen LogP contribution in [0.1, 0.15) is 38.3 Å². The standard InChI is InChI=1S/C18H25NO/c1-3-20-18-8-6-15(7-9-18)13(2)19-12-17-11-14-4-5-16(17)10-14/h4-9,13-14,16-17,19H,3,10-12H2,1-2H3. The van der Waals surface area contributed by atoms with Crippen molar-refractivity contribution in [2.75, 3.05) is 13.2 Å². The summed E-state index contributed by atoms with van der Waals surface area (Å²) in [5.74, 6) is 3.50. The molecular formula is C18H25NO. The number of benzene rings is 1. The molecule has 2 heteroatoms. The van der Waals surface area contributed by atoms with E-state index in [9.17, 15) is 0 Å². The van der Waals surface area contributed by atoms with Gasteiger partial charge in [0.25, 0.3) is 0 Å². The molecule has 4 unspecified atom stereocenters. The molecule has 0 aliphatic heterocycles. The van der Waals surface area contributed by atoms with Crippen molar-refractivity contribution in [1.29, 1.82) is 0 Å². The van der Waals surface area contributed by atoms with Crippen molar-refractivity contribution in [2.24, 2.45) is 17.8 Å². The summed E-state index contributed by atoms with van der Waals surface area (Å²) >= 11 is 0. The zero-order chi connectivity index (χ0) is 13.9. The summed E-state index contributed by atoms with van der Waals surface area (Å²) in [6, 6.07) is 8.88. The fourth-order valence-corrected chi connectivity index (χ4v) is 3.59. The van der Waals surface area contributed by atoms with Gasteiger partial charge >= 0.3 is 0 Å². The first-order chi connectivity index (χ1) is 9.76. The van der Waals surface area contributed by atoms with E-state index in [1.54, 1.807) is 0 Å². The number of allylic oxidation sites excluding steroid dienone is 2. The molecule has 0 amide bonds. The summed E-state index contributed by atoms with van der Waals surface area (Å²) in [5.41, 5.74) is 1.34. The highest BCUT2D eigenvalue weighted by Gasteiger charge is 2.35. The van der Waals surface area contributed by atoms with E-state index in [0.717, 1.165) is 36.7 Å². The quantitative estimate of drug-likeness (QED) is 0.791. The number of rotatable bonds is 6. The van der Waals surface area contributed by atoms with Crippen LogP contribution >= 0.6 is 0 Å². The number of nitrogens with one attached hydrogen (secondary N) is 1. The normalized spacial score (nSPS) is 28.8. The lowest BCUT2D eigenvalue weighted by atomic mass is 9.93. The SMILES string of the molecule is CCOc1ccc(C(C)NCC2CC3C=CC2C3)cc1. The molecule has 2 nitrogen and oxygen atoms in total. The van der Waals surface area contributed by atoms with Gasteiger partial charge in [0.15, 0.2) is 0 Å². The molecule has 1 aromatic carbocycles. The Balaban J connectivity index is 1.51. The van der Waals surface area contributed by atoms with Gasteiger partial charge in [-0.05, 0) is 68.7 Å². The largest absolute Gasteiger partial charge is 0.494 e. The van der Waals surface area contributed by atoms with Crippen molar-refractivity contribution in [1.82, 2.24) is 5.32 Å². The molecule has 2 bridgehead atoms. The lowest BCUT2D eigenvalue weighted by Gasteiger charge is -2.22. The third kappa shape index (κ3) is 2.90. The zero-order valence-corrected chi connectivity index (χ0v) is 12.5. The number of hydrogen-bond acceptors (Lipinski definition) is 2. The number of ether oxygens (including phenoxy) is 1. The predicted octanol–water partition coefficient (Wildman–Crippen LogP) is 3.95. The summed E-state index contributed by atoms with van der Waals surface area (Å²) in [6.45, 7) is 6.13. The van der Waals surface area contributed by atoms with Gasteiger partial charge in [0.2, 0.25) is 0 Å². The highest BCUT2D eigenvalue weighted by molar-refractivity contribution is 5.29. The Hall–Kier alpha value is -1.28. The summed E-state index contributed by atoms with van der Waals surface area (Å²) in [4.78, 5) is 0. The Morgan fingerprint density at radius 3 is 2.60 bits per heavy atom.